The summed E-state index contributed by atoms with van der Waals surface area (Å²) < 4.78 is 1.98. The largest absolute Gasteiger partial charge is 0.387 e. The molecule has 2 bridgehead atoms. The normalized spacial score (nSPS) is 25.8. The van der Waals surface area contributed by atoms with Crippen molar-refractivity contribution in [1.29, 1.82) is 0 Å². The second kappa shape index (κ2) is 5.96. The molecule has 5 nitrogen and oxygen atoms in total. The van der Waals surface area contributed by atoms with E-state index in [2.05, 4.69) is 21.4 Å². The molecule has 3 heterocycles. The minimum absolute atomic E-state index is 0.177. The monoisotopic (exact) mass is 324 g/mol. The van der Waals surface area contributed by atoms with Crippen molar-refractivity contribution in [3.8, 4) is 0 Å². The minimum Gasteiger partial charge on any atom is -0.387 e. The molecule has 0 aliphatic carbocycles. The highest BCUT2D eigenvalue weighted by atomic mass is 16.2. The van der Waals surface area contributed by atoms with E-state index in [4.69, 9.17) is 0 Å². The summed E-state index contributed by atoms with van der Waals surface area (Å²) in [6.07, 6.45) is 6.20. The first-order valence-electron chi connectivity index (χ1n) is 8.76. The van der Waals surface area contributed by atoms with Gasteiger partial charge in [-0.1, -0.05) is 12.1 Å². The third-order valence-corrected chi connectivity index (χ3v) is 5.67. The van der Waals surface area contributed by atoms with Gasteiger partial charge in [-0.3, -0.25) is 9.48 Å². The Bertz CT molecular complexity index is 739. The second-order valence-electron chi connectivity index (χ2n) is 6.94. The van der Waals surface area contributed by atoms with E-state index < -0.39 is 0 Å². The third-order valence-electron chi connectivity index (χ3n) is 5.67. The number of aryl methyl sites for hydroxylation is 1. The van der Waals surface area contributed by atoms with Crippen LogP contribution < -0.4 is 5.32 Å². The number of fused-ring (bicyclic) bond motifs is 2. The van der Waals surface area contributed by atoms with E-state index in [1.165, 1.54) is 5.69 Å². The van der Waals surface area contributed by atoms with Crippen LogP contribution in [0.15, 0.2) is 36.5 Å². The Morgan fingerprint density at radius 3 is 2.50 bits per heavy atom. The first-order valence-corrected chi connectivity index (χ1v) is 8.76. The summed E-state index contributed by atoms with van der Waals surface area (Å²) in [6.45, 7) is 0. The lowest BCUT2D eigenvalue weighted by molar-refractivity contribution is 0.0569. The van der Waals surface area contributed by atoms with Gasteiger partial charge in [0.05, 0.1) is 5.56 Å². The quantitative estimate of drug-likeness (QED) is 0.944. The number of rotatable bonds is 3. The van der Waals surface area contributed by atoms with Crippen molar-refractivity contribution in [1.82, 2.24) is 14.7 Å². The fraction of sp³-hybridized carbons (Fsp3) is 0.474. The van der Waals surface area contributed by atoms with Gasteiger partial charge in [-0.05, 0) is 43.9 Å². The molecular weight excluding hydrogens is 300 g/mol. The van der Waals surface area contributed by atoms with Crippen molar-refractivity contribution in [2.45, 2.75) is 43.7 Å². The lowest BCUT2D eigenvalue weighted by Crippen LogP contribution is -2.46. The Hall–Kier alpha value is -2.30. The molecule has 2 saturated heterocycles. The van der Waals surface area contributed by atoms with Gasteiger partial charge in [-0.25, -0.2) is 0 Å². The van der Waals surface area contributed by atoms with Crippen LogP contribution in [0.5, 0.6) is 0 Å². The van der Waals surface area contributed by atoms with E-state index in [1.54, 1.807) is 0 Å². The van der Waals surface area contributed by atoms with E-state index in [0.29, 0.717) is 18.0 Å². The number of hydrogen-bond donors (Lipinski definition) is 1. The molecule has 1 amide bonds. The molecule has 1 aromatic heterocycles. The van der Waals surface area contributed by atoms with Crippen LogP contribution in [0.4, 0.5) is 5.69 Å². The molecule has 24 heavy (non-hydrogen) atoms. The first kappa shape index (κ1) is 15.2. The summed E-state index contributed by atoms with van der Waals surface area (Å²) in [5, 5.41) is 7.46. The fourth-order valence-electron chi connectivity index (χ4n) is 4.56. The maximum Gasteiger partial charge on any atom is 0.256 e. The molecular formula is C19H24N4O. The molecule has 0 saturated carbocycles. The van der Waals surface area contributed by atoms with Gasteiger partial charge >= 0.3 is 0 Å². The number of para-hydroxylation sites is 1. The summed E-state index contributed by atoms with van der Waals surface area (Å²) in [4.78, 5) is 15.3. The number of piperidine rings is 1. The topological polar surface area (TPSA) is 50.2 Å². The van der Waals surface area contributed by atoms with E-state index in [0.717, 1.165) is 36.9 Å². The first-order chi connectivity index (χ1) is 11.7. The van der Waals surface area contributed by atoms with Crippen molar-refractivity contribution in [3.63, 3.8) is 0 Å². The van der Waals surface area contributed by atoms with Gasteiger partial charge in [-0.2, -0.15) is 5.10 Å². The van der Waals surface area contributed by atoms with Gasteiger partial charge in [-0.15, -0.1) is 0 Å². The number of carbonyl (C=O) groups is 1. The van der Waals surface area contributed by atoms with Crippen LogP contribution in [-0.4, -0.2) is 39.7 Å². The lowest BCUT2D eigenvalue weighted by Gasteiger charge is -2.39. The molecule has 2 aliphatic rings. The third kappa shape index (κ3) is 2.39. The van der Waals surface area contributed by atoms with Crippen molar-refractivity contribution in [3.05, 3.63) is 47.8 Å². The number of nitrogens with zero attached hydrogens (tertiary/aromatic N) is 3. The average molecular weight is 324 g/mol. The van der Waals surface area contributed by atoms with Gasteiger partial charge in [0.25, 0.3) is 5.91 Å². The lowest BCUT2D eigenvalue weighted by atomic mass is 9.87. The van der Waals surface area contributed by atoms with E-state index in [-0.39, 0.29) is 5.91 Å². The number of aromatic nitrogens is 2. The smallest absolute Gasteiger partial charge is 0.256 e. The van der Waals surface area contributed by atoms with Crippen molar-refractivity contribution < 1.29 is 4.79 Å². The van der Waals surface area contributed by atoms with Crippen molar-refractivity contribution in [2.75, 3.05) is 12.4 Å². The Balaban J connectivity index is 1.58. The summed E-state index contributed by atoms with van der Waals surface area (Å²) in [5.41, 5.74) is 3.00. The van der Waals surface area contributed by atoms with Crippen molar-refractivity contribution in [2.24, 2.45) is 7.05 Å². The molecule has 2 fully saturated rings. The van der Waals surface area contributed by atoms with Crippen LogP contribution in [0.2, 0.25) is 0 Å². The fourth-order valence-corrected chi connectivity index (χ4v) is 4.56. The molecule has 2 aliphatic heterocycles. The summed E-state index contributed by atoms with van der Waals surface area (Å²) in [6, 6.07) is 10.6. The average Bonchev–Trinajstić information content (AvgIpc) is 3.15. The molecule has 0 unspecified atom stereocenters. The molecule has 0 radical (unpaired) electrons. The zero-order valence-electron chi connectivity index (χ0n) is 14.3. The maximum atomic E-state index is 13.2. The van der Waals surface area contributed by atoms with E-state index >= 15 is 0 Å². The number of anilines is 1. The van der Waals surface area contributed by atoms with Gasteiger partial charge in [0, 0.05) is 49.7 Å². The highest BCUT2D eigenvalue weighted by molar-refractivity contribution is 6.00. The van der Waals surface area contributed by atoms with E-state index in [1.807, 2.05) is 49.2 Å². The Morgan fingerprint density at radius 1 is 1.17 bits per heavy atom. The number of hydrogen-bond acceptors (Lipinski definition) is 3. The standard InChI is InChI=1S/C19H24N4O/c1-20-17-6-4-3-5-16(17)19(24)23-14-7-8-15(23)12-13(11-14)18-9-10-21-22(18)2/h3-6,9-10,13-15,20H,7-8,11-12H2,1-2H3/t14-,15-/m0/s1. The number of carbonyl (C=O) groups excluding carboxylic acids is 1. The van der Waals surface area contributed by atoms with Crippen LogP contribution in [0, 0.1) is 0 Å². The Kier molecular flexibility index (Phi) is 3.79. The second-order valence-corrected chi connectivity index (χ2v) is 6.94. The van der Waals surface area contributed by atoms with Gasteiger partial charge in [0.2, 0.25) is 0 Å². The number of nitrogens with one attached hydrogen (secondary N) is 1. The highest BCUT2D eigenvalue weighted by Crippen LogP contribution is 2.43. The highest BCUT2D eigenvalue weighted by Gasteiger charge is 2.44. The number of amides is 1. The van der Waals surface area contributed by atoms with Gasteiger partial charge in [0.15, 0.2) is 0 Å². The molecule has 1 N–H and O–H groups in total. The van der Waals surface area contributed by atoms with E-state index in [9.17, 15) is 4.79 Å². The van der Waals surface area contributed by atoms with Crippen LogP contribution in [0.3, 0.4) is 0 Å². The molecule has 0 spiro atoms. The minimum atomic E-state index is 0.177. The van der Waals surface area contributed by atoms with Crippen LogP contribution in [0.25, 0.3) is 0 Å². The summed E-state index contributed by atoms with van der Waals surface area (Å²) in [5.74, 6) is 0.689. The van der Waals surface area contributed by atoms with Crippen LogP contribution in [0.1, 0.15) is 47.7 Å². The Morgan fingerprint density at radius 2 is 1.88 bits per heavy atom. The van der Waals surface area contributed by atoms with Crippen molar-refractivity contribution >= 4 is 11.6 Å². The zero-order chi connectivity index (χ0) is 16.7. The molecule has 126 valence electrons. The molecule has 1 aromatic carbocycles. The zero-order valence-corrected chi connectivity index (χ0v) is 14.3. The van der Waals surface area contributed by atoms with Gasteiger partial charge < -0.3 is 10.2 Å². The van der Waals surface area contributed by atoms with Crippen LogP contribution >= 0.6 is 0 Å². The number of benzene rings is 1. The summed E-state index contributed by atoms with van der Waals surface area (Å²) in [7, 11) is 3.88. The predicted octanol–water partition coefficient (Wildman–Crippen LogP) is 3.01. The molecule has 5 heteroatoms. The molecule has 4 rings (SSSR count). The van der Waals surface area contributed by atoms with Gasteiger partial charge in [0.1, 0.15) is 0 Å². The Labute approximate surface area is 142 Å². The molecule has 2 atom stereocenters. The summed E-state index contributed by atoms with van der Waals surface area (Å²) >= 11 is 0. The van der Waals surface area contributed by atoms with Crippen LogP contribution in [-0.2, 0) is 7.05 Å². The molecule has 2 aromatic rings. The SMILES string of the molecule is CNc1ccccc1C(=O)N1[C@H]2CC[C@H]1CC(c1ccnn1C)C2. The maximum absolute atomic E-state index is 13.2. The predicted molar refractivity (Wildman–Crippen MR) is 94.2 cm³/mol.